The van der Waals surface area contributed by atoms with E-state index < -0.39 is 4.92 Å². The third-order valence-electron chi connectivity index (χ3n) is 4.12. The molecule has 0 spiro atoms. The average Bonchev–Trinajstić information content (AvgIpc) is 2.97. The molecule has 7 heteroatoms. The van der Waals surface area contributed by atoms with E-state index in [0.717, 1.165) is 24.2 Å². The van der Waals surface area contributed by atoms with E-state index in [-0.39, 0.29) is 16.8 Å². The lowest BCUT2D eigenvalue weighted by atomic mass is 10.0. The van der Waals surface area contributed by atoms with Gasteiger partial charge in [-0.15, -0.1) is 0 Å². The number of rotatable bonds is 4. The van der Waals surface area contributed by atoms with Gasteiger partial charge < -0.3 is 0 Å². The molecule has 2 saturated carbocycles. The van der Waals surface area contributed by atoms with Crippen LogP contribution in [0.15, 0.2) is 17.2 Å². The van der Waals surface area contributed by atoms with Gasteiger partial charge in [-0.25, -0.2) is 5.43 Å². The van der Waals surface area contributed by atoms with Crippen LogP contribution in [0.5, 0.6) is 0 Å². The van der Waals surface area contributed by atoms with Crippen LogP contribution in [-0.4, -0.2) is 17.0 Å². The second kappa shape index (κ2) is 5.32. The summed E-state index contributed by atoms with van der Waals surface area (Å²) < 4.78 is 0. The zero-order valence-corrected chi connectivity index (χ0v) is 11.6. The molecule has 2 aliphatic carbocycles. The molecule has 3 rings (SSSR count). The van der Waals surface area contributed by atoms with Gasteiger partial charge >= 0.3 is 5.00 Å². The monoisotopic (exact) mass is 293 g/mol. The zero-order chi connectivity index (χ0) is 14.1. The van der Waals surface area contributed by atoms with Gasteiger partial charge in [0.25, 0.3) is 0 Å². The lowest BCUT2D eigenvalue weighted by molar-refractivity contribution is -0.380. The van der Waals surface area contributed by atoms with Crippen LogP contribution in [-0.2, 0) is 4.79 Å². The molecule has 1 heterocycles. The first-order chi connectivity index (χ1) is 9.66. The van der Waals surface area contributed by atoms with E-state index in [1.54, 1.807) is 6.07 Å². The molecule has 1 aromatic heterocycles. The fourth-order valence-electron chi connectivity index (χ4n) is 3.12. The third kappa shape index (κ3) is 2.58. The normalized spacial score (nSPS) is 28.1. The largest absolute Gasteiger partial charge is 0.324 e. The first-order valence-corrected chi connectivity index (χ1v) is 7.55. The van der Waals surface area contributed by atoms with E-state index >= 15 is 0 Å². The van der Waals surface area contributed by atoms with Crippen molar-refractivity contribution in [3.8, 4) is 0 Å². The van der Waals surface area contributed by atoms with E-state index in [4.69, 9.17) is 0 Å². The Morgan fingerprint density at radius 2 is 2.10 bits per heavy atom. The number of hydrogen-bond acceptors (Lipinski definition) is 5. The minimum Gasteiger partial charge on any atom is -0.273 e. The molecule has 6 nitrogen and oxygen atoms in total. The molecule has 106 valence electrons. The van der Waals surface area contributed by atoms with Crippen LogP contribution in [0.25, 0.3) is 0 Å². The summed E-state index contributed by atoms with van der Waals surface area (Å²) in [5.41, 5.74) is 2.56. The van der Waals surface area contributed by atoms with Crippen molar-refractivity contribution in [2.45, 2.75) is 25.7 Å². The van der Waals surface area contributed by atoms with Crippen LogP contribution >= 0.6 is 11.3 Å². The lowest BCUT2D eigenvalue weighted by Crippen LogP contribution is -2.20. The second-order valence-electron chi connectivity index (χ2n) is 5.31. The van der Waals surface area contributed by atoms with Crippen molar-refractivity contribution < 1.29 is 9.72 Å². The summed E-state index contributed by atoms with van der Waals surface area (Å²) in [6.07, 6.45) is 6.23. The molecule has 1 N–H and O–H groups in total. The summed E-state index contributed by atoms with van der Waals surface area (Å²) >= 11 is 1.04. The molecule has 2 fully saturated rings. The number of fused-ring (bicyclic) bond motifs is 1. The number of hydrogen-bond donors (Lipinski definition) is 1. The van der Waals surface area contributed by atoms with Crippen LogP contribution in [0.1, 0.15) is 30.6 Å². The molecule has 2 atom stereocenters. The van der Waals surface area contributed by atoms with Crippen molar-refractivity contribution in [3.63, 3.8) is 0 Å². The number of hydrazone groups is 1. The average molecular weight is 293 g/mol. The zero-order valence-electron chi connectivity index (χ0n) is 10.8. The highest BCUT2D eigenvalue weighted by molar-refractivity contribution is 7.16. The smallest absolute Gasteiger partial charge is 0.273 e. The van der Waals surface area contributed by atoms with Gasteiger partial charge in [-0.3, -0.25) is 14.9 Å². The summed E-state index contributed by atoms with van der Waals surface area (Å²) in [6, 6.07) is 3.05. The lowest BCUT2D eigenvalue weighted by Gasteiger charge is -2.04. The summed E-state index contributed by atoms with van der Waals surface area (Å²) in [5.74, 6) is 1.24. The summed E-state index contributed by atoms with van der Waals surface area (Å²) in [5, 5.41) is 14.5. The molecule has 1 aromatic rings. The molecule has 20 heavy (non-hydrogen) atoms. The Hall–Kier alpha value is -1.76. The van der Waals surface area contributed by atoms with Crippen LogP contribution in [0.2, 0.25) is 0 Å². The van der Waals surface area contributed by atoms with Crippen LogP contribution < -0.4 is 5.43 Å². The number of nitrogens with zero attached hydrogens (tertiary/aromatic N) is 2. The van der Waals surface area contributed by atoms with Crippen molar-refractivity contribution >= 4 is 28.5 Å². The van der Waals surface area contributed by atoms with Crippen molar-refractivity contribution in [2.75, 3.05) is 0 Å². The molecule has 2 unspecified atom stereocenters. The number of nitrogens with one attached hydrogen (secondary N) is 1. The molecule has 0 aromatic carbocycles. The maximum absolute atomic E-state index is 11.9. The molecular weight excluding hydrogens is 278 g/mol. The molecule has 0 bridgehead atoms. The minimum absolute atomic E-state index is 0.00999. The Bertz CT molecular complexity index is 557. The Morgan fingerprint density at radius 3 is 2.70 bits per heavy atom. The van der Waals surface area contributed by atoms with Gasteiger partial charge in [-0.05, 0) is 30.7 Å². The van der Waals surface area contributed by atoms with Gasteiger partial charge in [-0.1, -0.05) is 24.2 Å². The van der Waals surface area contributed by atoms with Crippen molar-refractivity contribution in [2.24, 2.45) is 22.9 Å². The highest BCUT2D eigenvalue weighted by Gasteiger charge is 2.54. The van der Waals surface area contributed by atoms with Gasteiger partial charge in [0.15, 0.2) is 0 Å². The molecule has 2 aliphatic rings. The molecular formula is C13H15N3O3S. The quantitative estimate of drug-likeness (QED) is 0.526. The van der Waals surface area contributed by atoms with Crippen molar-refractivity contribution in [1.29, 1.82) is 0 Å². The maximum atomic E-state index is 11.9. The summed E-state index contributed by atoms with van der Waals surface area (Å²) in [4.78, 5) is 22.7. The fraction of sp³-hybridized carbons (Fsp3) is 0.538. The second-order valence-corrected chi connectivity index (χ2v) is 6.40. The predicted octanol–water partition coefficient (Wildman–Crippen LogP) is 2.54. The number of carbonyl (C=O) groups is 1. The van der Waals surface area contributed by atoms with E-state index in [2.05, 4.69) is 10.5 Å². The standard InChI is InChI=1S/C13H15N3O3S/c17-13(12-9-3-1-2-4-10(9)12)15-14-7-8-5-6-11(20-8)16(18)19/h5-7,9-10,12H,1-4H2,(H,15,17)/b14-7+. The molecule has 0 saturated heterocycles. The van der Waals surface area contributed by atoms with Crippen LogP contribution in [0.3, 0.4) is 0 Å². The van der Waals surface area contributed by atoms with Gasteiger partial charge in [-0.2, -0.15) is 5.10 Å². The summed E-state index contributed by atoms with van der Waals surface area (Å²) in [7, 11) is 0. The summed E-state index contributed by atoms with van der Waals surface area (Å²) in [6.45, 7) is 0. The fourth-order valence-corrected chi connectivity index (χ4v) is 3.82. The Balaban J connectivity index is 1.52. The van der Waals surface area contributed by atoms with Gasteiger partial charge in [0.05, 0.1) is 16.0 Å². The van der Waals surface area contributed by atoms with Gasteiger partial charge in [0, 0.05) is 12.0 Å². The number of nitro groups is 1. The highest BCUT2D eigenvalue weighted by atomic mass is 32.1. The topological polar surface area (TPSA) is 84.6 Å². The number of amides is 1. The van der Waals surface area contributed by atoms with Gasteiger partial charge in [0.1, 0.15) is 0 Å². The van der Waals surface area contributed by atoms with E-state index in [9.17, 15) is 14.9 Å². The molecule has 1 amide bonds. The highest BCUT2D eigenvalue weighted by Crippen LogP contribution is 2.55. The minimum atomic E-state index is -0.435. The van der Waals surface area contributed by atoms with E-state index in [1.807, 2.05) is 0 Å². The number of thiophene rings is 1. The van der Waals surface area contributed by atoms with Crippen molar-refractivity contribution in [1.82, 2.24) is 5.43 Å². The number of carbonyl (C=O) groups excluding carboxylic acids is 1. The molecule has 0 radical (unpaired) electrons. The molecule has 0 aliphatic heterocycles. The van der Waals surface area contributed by atoms with E-state index in [0.29, 0.717) is 16.7 Å². The van der Waals surface area contributed by atoms with Gasteiger partial charge in [0.2, 0.25) is 5.91 Å². The third-order valence-corrected chi connectivity index (χ3v) is 5.09. The Kier molecular flexibility index (Phi) is 3.52. The van der Waals surface area contributed by atoms with E-state index in [1.165, 1.54) is 25.1 Å². The van der Waals surface area contributed by atoms with Crippen LogP contribution in [0, 0.1) is 27.9 Å². The van der Waals surface area contributed by atoms with Crippen LogP contribution in [0.4, 0.5) is 5.00 Å². The van der Waals surface area contributed by atoms with Crippen molar-refractivity contribution in [3.05, 3.63) is 27.1 Å². The predicted molar refractivity (Wildman–Crippen MR) is 75.6 cm³/mol. The first-order valence-electron chi connectivity index (χ1n) is 6.74. The maximum Gasteiger partial charge on any atom is 0.324 e. The Morgan fingerprint density at radius 1 is 1.40 bits per heavy atom. The first kappa shape index (κ1) is 13.2. The SMILES string of the molecule is O=C(N/N=C/c1ccc([N+](=O)[O-])s1)C1C2CCCCC21. The Labute approximate surface area is 120 Å².